The molecule has 6 heteroatoms. The number of carbonyl (C=O) groups is 2. The van der Waals surface area contributed by atoms with Gasteiger partial charge in [-0.3, -0.25) is 19.5 Å². The number of carbonyl (C=O) groups excluding carboxylic acids is 2. The van der Waals surface area contributed by atoms with Crippen molar-refractivity contribution in [3.8, 4) is 0 Å². The molecule has 5 nitrogen and oxygen atoms in total. The van der Waals surface area contributed by atoms with E-state index in [9.17, 15) is 9.59 Å². The Labute approximate surface area is 103 Å². The predicted molar refractivity (Wildman–Crippen MR) is 66.0 cm³/mol. The van der Waals surface area contributed by atoms with E-state index in [-0.39, 0.29) is 24.2 Å². The van der Waals surface area contributed by atoms with Gasteiger partial charge in [0, 0.05) is 25.5 Å². The van der Waals surface area contributed by atoms with Crippen LogP contribution in [0.3, 0.4) is 0 Å². The minimum Gasteiger partial charge on any atom is -0.329 e. The van der Waals surface area contributed by atoms with Crippen LogP contribution < -0.4 is 5.73 Å². The summed E-state index contributed by atoms with van der Waals surface area (Å²) in [6, 6.07) is 3.55. The van der Waals surface area contributed by atoms with Crippen LogP contribution in [0, 0.1) is 0 Å². The number of rotatable bonds is 3. The molecule has 0 unspecified atom stereocenters. The Hall–Kier alpha value is -1.66. The molecule has 2 amide bonds. The molecular weight excluding hydrogens is 238 g/mol. The number of nitrogens with two attached hydrogens (primary N) is 1. The average Bonchev–Trinajstić information content (AvgIpc) is 2.59. The third-order valence-electron chi connectivity index (χ3n) is 2.23. The van der Waals surface area contributed by atoms with E-state index in [1.54, 1.807) is 30.6 Å². The summed E-state index contributed by atoms with van der Waals surface area (Å²) in [5.41, 5.74) is 6.19. The first-order valence-corrected chi connectivity index (χ1v) is 5.89. The summed E-state index contributed by atoms with van der Waals surface area (Å²) in [4.78, 5) is 28.9. The number of amides is 2. The summed E-state index contributed by atoms with van der Waals surface area (Å²) < 4.78 is 0. The molecule has 2 rings (SSSR count). The third-order valence-corrected chi connectivity index (χ3v) is 3.14. The summed E-state index contributed by atoms with van der Waals surface area (Å²) >= 11 is 0.939. The molecule has 2 heterocycles. The number of nitrogens with zero attached hydrogens (tertiary/aromatic N) is 2. The molecule has 1 saturated heterocycles. The Morgan fingerprint density at radius 1 is 1.35 bits per heavy atom. The van der Waals surface area contributed by atoms with Crippen molar-refractivity contribution >= 4 is 29.0 Å². The minimum atomic E-state index is -0.276. The first-order chi connectivity index (χ1) is 8.22. The van der Waals surface area contributed by atoms with Gasteiger partial charge in [-0.05, 0) is 35.5 Å². The van der Waals surface area contributed by atoms with Gasteiger partial charge < -0.3 is 5.73 Å². The zero-order valence-electron chi connectivity index (χ0n) is 9.00. The van der Waals surface area contributed by atoms with Crippen LogP contribution in [-0.2, 0) is 4.79 Å². The number of pyridine rings is 1. The highest BCUT2D eigenvalue weighted by Crippen LogP contribution is 2.31. The van der Waals surface area contributed by atoms with Gasteiger partial charge in [0.25, 0.3) is 11.1 Å². The van der Waals surface area contributed by atoms with Gasteiger partial charge in [0.1, 0.15) is 0 Å². The maximum absolute atomic E-state index is 11.9. The normalized spacial score (nSPS) is 18.2. The topological polar surface area (TPSA) is 76.3 Å². The highest BCUT2D eigenvalue weighted by molar-refractivity contribution is 8.18. The highest BCUT2D eigenvalue weighted by atomic mass is 32.2. The molecule has 1 fully saturated rings. The van der Waals surface area contributed by atoms with Crippen molar-refractivity contribution in [2.45, 2.75) is 0 Å². The van der Waals surface area contributed by atoms with E-state index in [4.69, 9.17) is 5.73 Å². The van der Waals surface area contributed by atoms with Crippen molar-refractivity contribution < 1.29 is 9.59 Å². The molecule has 0 aromatic carbocycles. The Balaban J connectivity index is 2.22. The monoisotopic (exact) mass is 249 g/mol. The molecule has 1 aliphatic heterocycles. The molecule has 88 valence electrons. The van der Waals surface area contributed by atoms with Crippen molar-refractivity contribution in [3.05, 3.63) is 35.0 Å². The highest BCUT2D eigenvalue weighted by Gasteiger charge is 2.34. The van der Waals surface area contributed by atoms with Gasteiger partial charge in [-0.15, -0.1) is 0 Å². The molecule has 1 aliphatic rings. The smallest absolute Gasteiger partial charge is 0.293 e. The summed E-state index contributed by atoms with van der Waals surface area (Å²) in [5.74, 6) is -0.276. The quantitative estimate of drug-likeness (QED) is 0.811. The third kappa shape index (κ3) is 2.54. The second-order valence-electron chi connectivity index (χ2n) is 3.40. The second-order valence-corrected chi connectivity index (χ2v) is 4.40. The van der Waals surface area contributed by atoms with Gasteiger partial charge in [-0.25, -0.2) is 0 Å². The molecule has 0 radical (unpaired) electrons. The van der Waals surface area contributed by atoms with Crippen LogP contribution in [0.15, 0.2) is 29.4 Å². The Morgan fingerprint density at radius 2 is 2.06 bits per heavy atom. The van der Waals surface area contributed by atoms with E-state index in [1.165, 1.54) is 0 Å². The molecule has 1 aromatic heterocycles. The van der Waals surface area contributed by atoms with Crippen LogP contribution in [0.5, 0.6) is 0 Å². The molecule has 0 spiro atoms. The van der Waals surface area contributed by atoms with Gasteiger partial charge in [0.2, 0.25) is 0 Å². The zero-order valence-corrected chi connectivity index (χ0v) is 9.81. The lowest BCUT2D eigenvalue weighted by Gasteiger charge is -2.09. The van der Waals surface area contributed by atoms with Crippen molar-refractivity contribution in [2.75, 3.05) is 13.1 Å². The molecule has 0 saturated carbocycles. The summed E-state index contributed by atoms with van der Waals surface area (Å²) in [6.45, 7) is 0.541. The molecule has 17 heavy (non-hydrogen) atoms. The van der Waals surface area contributed by atoms with Gasteiger partial charge in [0.05, 0.1) is 4.91 Å². The first-order valence-electron chi connectivity index (χ1n) is 5.08. The summed E-state index contributed by atoms with van der Waals surface area (Å²) in [7, 11) is 0. The maximum Gasteiger partial charge on any atom is 0.293 e. The molecule has 1 aromatic rings. The van der Waals surface area contributed by atoms with Crippen molar-refractivity contribution in [2.24, 2.45) is 5.73 Å². The van der Waals surface area contributed by atoms with E-state index < -0.39 is 0 Å². The van der Waals surface area contributed by atoms with Gasteiger partial charge in [-0.2, -0.15) is 0 Å². The Morgan fingerprint density at radius 3 is 2.71 bits per heavy atom. The van der Waals surface area contributed by atoms with Gasteiger partial charge in [-0.1, -0.05) is 0 Å². The number of aromatic nitrogens is 1. The first kappa shape index (κ1) is 11.8. The van der Waals surface area contributed by atoms with Crippen LogP contribution in [0.1, 0.15) is 5.56 Å². The van der Waals surface area contributed by atoms with Crippen LogP contribution in [0.2, 0.25) is 0 Å². The van der Waals surface area contributed by atoms with E-state index in [0.717, 1.165) is 22.2 Å². The second kappa shape index (κ2) is 5.11. The van der Waals surface area contributed by atoms with Crippen LogP contribution >= 0.6 is 11.8 Å². The fraction of sp³-hybridized carbons (Fsp3) is 0.182. The van der Waals surface area contributed by atoms with E-state index in [1.807, 2.05) is 0 Å². The standard InChI is InChI=1S/C11H11N3O2S/c12-3-6-14-10(15)9(17-11(14)16)7-8-1-4-13-5-2-8/h1-2,4-5,7H,3,6,12H2/b9-7-. The lowest BCUT2D eigenvalue weighted by Crippen LogP contribution is -2.33. The van der Waals surface area contributed by atoms with E-state index in [2.05, 4.69) is 4.98 Å². The predicted octanol–water partition coefficient (Wildman–Crippen LogP) is 1.08. The number of hydrogen-bond donors (Lipinski definition) is 1. The molecule has 0 aliphatic carbocycles. The molecule has 0 bridgehead atoms. The summed E-state index contributed by atoms with van der Waals surface area (Å²) in [5, 5.41) is -0.263. The van der Waals surface area contributed by atoms with Crippen LogP contribution in [0.25, 0.3) is 6.08 Å². The SMILES string of the molecule is NCCN1C(=O)S/C(=C\c2ccncc2)C1=O. The Bertz CT molecular complexity index is 473. The number of hydrogen-bond acceptors (Lipinski definition) is 5. The van der Waals surface area contributed by atoms with Crippen LogP contribution in [0.4, 0.5) is 4.79 Å². The van der Waals surface area contributed by atoms with E-state index in [0.29, 0.717) is 4.91 Å². The number of thioether (sulfide) groups is 1. The van der Waals surface area contributed by atoms with Crippen LogP contribution in [-0.4, -0.2) is 34.1 Å². The fourth-order valence-corrected chi connectivity index (χ4v) is 2.30. The van der Waals surface area contributed by atoms with E-state index >= 15 is 0 Å². The maximum atomic E-state index is 11.9. The average molecular weight is 249 g/mol. The minimum absolute atomic E-state index is 0.262. The van der Waals surface area contributed by atoms with Crippen molar-refractivity contribution in [1.29, 1.82) is 0 Å². The van der Waals surface area contributed by atoms with Crippen molar-refractivity contribution in [3.63, 3.8) is 0 Å². The lowest BCUT2D eigenvalue weighted by molar-refractivity contribution is -0.122. The van der Waals surface area contributed by atoms with Gasteiger partial charge in [0.15, 0.2) is 0 Å². The van der Waals surface area contributed by atoms with Crippen molar-refractivity contribution in [1.82, 2.24) is 9.88 Å². The fourth-order valence-electron chi connectivity index (χ4n) is 1.43. The largest absolute Gasteiger partial charge is 0.329 e. The zero-order chi connectivity index (χ0) is 12.3. The molecular formula is C11H11N3O2S. The molecule has 2 N–H and O–H groups in total. The lowest BCUT2D eigenvalue weighted by atomic mass is 10.2. The number of imide groups is 1. The Kier molecular flexibility index (Phi) is 3.55. The molecule has 0 atom stereocenters. The van der Waals surface area contributed by atoms with Gasteiger partial charge >= 0.3 is 0 Å². The summed E-state index contributed by atoms with van der Waals surface area (Å²) in [6.07, 6.45) is 4.95.